The van der Waals surface area contributed by atoms with Gasteiger partial charge in [0.25, 0.3) is 0 Å². The van der Waals surface area contributed by atoms with Gasteiger partial charge in [0.1, 0.15) is 0 Å². The van der Waals surface area contributed by atoms with E-state index in [4.69, 9.17) is 18.8 Å². The molecule has 0 fully saturated rings. The van der Waals surface area contributed by atoms with Gasteiger partial charge in [-0.2, -0.15) is 0 Å². The molecular formula is C22H42O4SSn. The molecule has 2 unspecified atom stereocenters. The summed E-state index contributed by atoms with van der Waals surface area (Å²) < 4.78 is 12.4. The number of carbonyl (C=O) groups is 2. The third kappa shape index (κ3) is 15.8. The summed E-state index contributed by atoms with van der Waals surface area (Å²) in [4.78, 5) is 23.9. The van der Waals surface area contributed by atoms with Crippen LogP contribution >= 0.6 is 9.29 Å². The Hall–Kier alpha value is -0.0413. The van der Waals surface area contributed by atoms with Crippen LogP contribution in [0, 0.1) is 11.8 Å². The zero-order chi connectivity index (χ0) is 21.2. The van der Waals surface area contributed by atoms with Crippen molar-refractivity contribution in [3.63, 3.8) is 0 Å². The second kappa shape index (κ2) is 19.0. The van der Waals surface area contributed by atoms with Gasteiger partial charge in [0.15, 0.2) is 0 Å². The van der Waals surface area contributed by atoms with Crippen molar-refractivity contribution in [1.29, 1.82) is 0 Å². The van der Waals surface area contributed by atoms with Gasteiger partial charge in [-0.05, 0) is 0 Å². The van der Waals surface area contributed by atoms with E-state index in [2.05, 4.69) is 27.7 Å². The second-order valence-electron chi connectivity index (χ2n) is 7.74. The summed E-state index contributed by atoms with van der Waals surface area (Å²) in [5.41, 5.74) is 0. The average Bonchev–Trinajstić information content (AvgIpc) is 2.70. The van der Waals surface area contributed by atoms with Crippen molar-refractivity contribution in [2.45, 2.75) is 101 Å². The Labute approximate surface area is 183 Å². The van der Waals surface area contributed by atoms with E-state index >= 15 is 0 Å². The summed E-state index contributed by atoms with van der Waals surface area (Å²) in [6.07, 6.45) is 9.93. The molecule has 28 heavy (non-hydrogen) atoms. The van der Waals surface area contributed by atoms with Gasteiger partial charge in [-0.15, -0.1) is 0 Å². The molecule has 0 aromatic carbocycles. The third-order valence-corrected chi connectivity index (χ3v) is 12.6. The molecule has 0 heterocycles. The summed E-state index contributed by atoms with van der Waals surface area (Å²) in [6.45, 7) is 9.73. The monoisotopic (exact) mass is 522 g/mol. The number of esters is 2. The number of rotatable bonds is 18. The molecule has 0 aromatic rings. The van der Waals surface area contributed by atoms with Crippen LogP contribution in [0.4, 0.5) is 0 Å². The van der Waals surface area contributed by atoms with Gasteiger partial charge in [0.05, 0.1) is 0 Å². The fourth-order valence-corrected chi connectivity index (χ4v) is 7.81. The molecule has 0 radical (unpaired) electrons. The van der Waals surface area contributed by atoms with E-state index in [0.29, 0.717) is 37.9 Å². The molecule has 6 heteroatoms. The van der Waals surface area contributed by atoms with Crippen LogP contribution in [0.25, 0.3) is 0 Å². The number of hydrogen-bond donors (Lipinski definition) is 0. The standard InChI is InChI=1S/2C11H21O2.S.Sn/c2*1-4-7-8-10(5-2)9-13-11(12)6-3;;/h2*10H,3-9H2,1-2H3;;. The van der Waals surface area contributed by atoms with Gasteiger partial charge in [0, 0.05) is 0 Å². The zero-order valence-corrected chi connectivity index (χ0v) is 22.3. The van der Waals surface area contributed by atoms with Crippen molar-refractivity contribution in [3.05, 3.63) is 0 Å². The molecule has 0 saturated carbocycles. The van der Waals surface area contributed by atoms with Crippen molar-refractivity contribution in [3.8, 4) is 0 Å². The maximum absolute atomic E-state index is 11.9. The Morgan fingerprint density at radius 2 is 1.18 bits per heavy atom. The zero-order valence-electron chi connectivity index (χ0n) is 18.6. The van der Waals surface area contributed by atoms with E-state index in [1.165, 1.54) is 25.7 Å². The minimum absolute atomic E-state index is 0.123. The molecule has 0 saturated heterocycles. The van der Waals surface area contributed by atoms with Crippen LogP contribution in [0.1, 0.15) is 91.9 Å². The Morgan fingerprint density at radius 1 is 0.786 bits per heavy atom. The summed E-state index contributed by atoms with van der Waals surface area (Å²) in [5.74, 6) is 0.707. The fourth-order valence-electron chi connectivity index (χ4n) is 2.97. The van der Waals surface area contributed by atoms with Gasteiger partial charge >= 0.3 is 184 Å². The normalized spacial score (nSPS) is 13.0. The summed E-state index contributed by atoms with van der Waals surface area (Å²) >= 11 is -2.06. The average molecular weight is 521 g/mol. The van der Waals surface area contributed by atoms with Crippen LogP contribution < -0.4 is 0 Å². The van der Waals surface area contributed by atoms with E-state index in [1.807, 2.05) is 0 Å². The van der Waals surface area contributed by atoms with Gasteiger partial charge in [-0.25, -0.2) is 0 Å². The topological polar surface area (TPSA) is 52.6 Å². The quantitative estimate of drug-likeness (QED) is 0.153. The summed E-state index contributed by atoms with van der Waals surface area (Å²) in [7, 11) is 5.59. The summed E-state index contributed by atoms with van der Waals surface area (Å²) in [5, 5.41) is 0. The maximum atomic E-state index is 11.9. The first-order valence-corrected chi connectivity index (χ1v) is 19.2. The number of ether oxygens (including phenoxy) is 2. The van der Waals surface area contributed by atoms with E-state index < -0.39 is 17.8 Å². The van der Waals surface area contributed by atoms with Gasteiger partial charge in [-0.3, -0.25) is 0 Å². The van der Waals surface area contributed by atoms with Crippen molar-refractivity contribution in [1.82, 2.24) is 0 Å². The second-order valence-corrected chi connectivity index (χ2v) is 17.5. The van der Waals surface area contributed by atoms with Crippen LogP contribution in [0.15, 0.2) is 0 Å². The Kier molecular flexibility index (Phi) is 18.9. The van der Waals surface area contributed by atoms with E-state index in [9.17, 15) is 9.59 Å². The third-order valence-electron chi connectivity index (χ3n) is 5.26. The molecule has 0 aliphatic heterocycles. The van der Waals surface area contributed by atoms with Gasteiger partial charge in [-0.1, -0.05) is 0 Å². The first kappa shape index (κ1) is 28.0. The van der Waals surface area contributed by atoms with Crippen molar-refractivity contribution < 1.29 is 19.1 Å². The van der Waals surface area contributed by atoms with Crippen LogP contribution in [-0.2, 0) is 19.1 Å². The molecule has 164 valence electrons. The molecule has 2 atom stereocenters. The first-order chi connectivity index (χ1) is 13.5. The molecule has 0 aliphatic rings. The molecule has 0 rings (SSSR count). The number of hydrogen-bond acceptors (Lipinski definition) is 5. The molecule has 0 N–H and O–H groups in total. The first-order valence-electron chi connectivity index (χ1n) is 11.3. The van der Waals surface area contributed by atoms with Crippen LogP contribution in [0.5, 0.6) is 0 Å². The molecule has 0 bridgehead atoms. The van der Waals surface area contributed by atoms with E-state index in [0.717, 1.165) is 34.6 Å². The van der Waals surface area contributed by atoms with E-state index in [1.54, 1.807) is 0 Å². The Balaban J connectivity index is 3.90. The summed E-state index contributed by atoms with van der Waals surface area (Å²) in [6, 6.07) is 0. The van der Waals surface area contributed by atoms with Crippen LogP contribution in [0.2, 0.25) is 8.87 Å². The molecule has 0 aromatic heterocycles. The molecule has 0 aliphatic carbocycles. The molecule has 0 spiro atoms. The molecule has 4 nitrogen and oxygen atoms in total. The number of unbranched alkanes of at least 4 members (excludes halogenated alkanes) is 2. The van der Waals surface area contributed by atoms with Crippen molar-refractivity contribution in [2.75, 3.05) is 13.2 Å². The van der Waals surface area contributed by atoms with Crippen molar-refractivity contribution >= 4 is 39.0 Å². The fraction of sp³-hybridized carbons (Fsp3) is 0.909. The SMILES string of the molecule is CCCCC(CC)COC(=O)C[CH2][Sn](=[S])[CH2]CC(=O)OCC(CC)CCCC. The Morgan fingerprint density at radius 3 is 1.50 bits per heavy atom. The molecular weight excluding hydrogens is 479 g/mol. The molecule has 0 amide bonds. The van der Waals surface area contributed by atoms with Gasteiger partial charge < -0.3 is 0 Å². The van der Waals surface area contributed by atoms with Crippen LogP contribution in [-0.4, -0.2) is 43.0 Å². The van der Waals surface area contributed by atoms with E-state index in [-0.39, 0.29) is 11.9 Å². The Bertz CT molecular complexity index is 404. The van der Waals surface area contributed by atoms with Crippen LogP contribution in [0.3, 0.4) is 0 Å². The van der Waals surface area contributed by atoms with Gasteiger partial charge in [0.2, 0.25) is 0 Å². The minimum atomic E-state index is -2.06. The van der Waals surface area contributed by atoms with Crippen molar-refractivity contribution in [2.24, 2.45) is 11.8 Å². The number of carbonyl (C=O) groups excluding carboxylic acids is 2. The predicted octanol–water partition coefficient (Wildman–Crippen LogP) is 6.47. The predicted molar refractivity (Wildman–Crippen MR) is 121 cm³/mol.